The van der Waals surface area contributed by atoms with Crippen molar-refractivity contribution in [1.82, 2.24) is 4.90 Å². The molecule has 0 saturated carbocycles. The van der Waals surface area contributed by atoms with E-state index in [-0.39, 0.29) is 17.1 Å². The molecule has 154 valence electrons. The minimum absolute atomic E-state index is 0.0915. The molecule has 3 aromatic rings. The van der Waals surface area contributed by atoms with Crippen molar-refractivity contribution >= 4 is 16.9 Å². The maximum absolute atomic E-state index is 13.4. The fourth-order valence-corrected chi connectivity index (χ4v) is 3.82. The van der Waals surface area contributed by atoms with Crippen molar-refractivity contribution in [1.29, 1.82) is 0 Å². The Bertz CT molecular complexity index is 1210. The third-order valence-corrected chi connectivity index (χ3v) is 5.20. The summed E-state index contributed by atoms with van der Waals surface area (Å²) in [5.74, 6) is 0.898. The van der Waals surface area contributed by atoms with E-state index in [0.29, 0.717) is 41.2 Å². The lowest BCUT2D eigenvalue weighted by atomic mass is 9.98. The molecular weight excluding hydrogens is 382 g/mol. The van der Waals surface area contributed by atoms with Gasteiger partial charge < -0.3 is 18.8 Å². The number of benzene rings is 2. The summed E-state index contributed by atoms with van der Waals surface area (Å²) in [5.41, 5.74) is 2.27. The topological polar surface area (TPSA) is 69.0 Å². The predicted molar refractivity (Wildman–Crippen MR) is 114 cm³/mol. The van der Waals surface area contributed by atoms with Crippen LogP contribution in [0.4, 0.5) is 0 Å². The molecule has 1 aliphatic heterocycles. The number of fused-ring (bicyclic) bond motifs is 2. The van der Waals surface area contributed by atoms with E-state index in [1.807, 2.05) is 32.0 Å². The summed E-state index contributed by atoms with van der Waals surface area (Å²) < 4.78 is 17.3. The number of aryl methyl sites for hydroxylation is 1. The van der Waals surface area contributed by atoms with Crippen LogP contribution in [0, 0.1) is 6.92 Å². The fraction of sp³-hybridized carbons (Fsp3) is 0.250. The van der Waals surface area contributed by atoms with Gasteiger partial charge in [-0.25, -0.2) is 0 Å². The Balaban J connectivity index is 1.89. The van der Waals surface area contributed by atoms with E-state index >= 15 is 0 Å². The van der Waals surface area contributed by atoms with Crippen LogP contribution >= 0.6 is 0 Å². The van der Waals surface area contributed by atoms with Gasteiger partial charge in [-0.15, -0.1) is 0 Å². The normalized spacial score (nSPS) is 15.4. The zero-order valence-electron chi connectivity index (χ0n) is 17.2. The number of ether oxygens (including phenoxy) is 2. The maximum atomic E-state index is 13.4. The number of nitrogens with zero attached hydrogens (tertiary/aromatic N) is 1. The molecule has 1 aromatic heterocycles. The molecule has 0 radical (unpaired) electrons. The Labute approximate surface area is 174 Å². The molecule has 6 nitrogen and oxygen atoms in total. The number of carbonyl (C=O) groups is 1. The molecule has 1 aliphatic rings. The van der Waals surface area contributed by atoms with Crippen molar-refractivity contribution in [2.45, 2.75) is 19.9 Å². The first-order chi connectivity index (χ1) is 14.5. The van der Waals surface area contributed by atoms with E-state index in [9.17, 15) is 9.59 Å². The SMILES string of the molecule is C=CCOc1ccc(C2c3c(oc4ccc(C)cc4c3=O)C(=O)N2C)cc1OCC. The third kappa shape index (κ3) is 3.14. The van der Waals surface area contributed by atoms with Crippen molar-refractivity contribution in [2.24, 2.45) is 0 Å². The van der Waals surface area contributed by atoms with Gasteiger partial charge in [0, 0.05) is 7.05 Å². The Morgan fingerprint density at radius 3 is 2.67 bits per heavy atom. The monoisotopic (exact) mass is 405 g/mol. The summed E-state index contributed by atoms with van der Waals surface area (Å²) >= 11 is 0. The van der Waals surface area contributed by atoms with Gasteiger partial charge in [-0.1, -0.05) is 30.4 Å². The molecule has 6 heteroatoms. The van der Waals surface area contributed by atoms with Gasteiger partial charge in [-0.05, 0) is 43.7 Å². The second-order valence-electron chi connectivity index (χ2n) is 7.23. The van der Waals surface area contributed by atoms with Crippen LogP contribution in [-0.2, 0) is 0 Å². The van der Waals surface area contributed by atoms with E-state index in [2.05, 4.69) is 6.58 Å². The van der Waals surface area contributed by atoms with Crippen molar-refractivity contribution in [3.05, 3.63) is 81.7 Å². The van der Waals surface area contributed by atoms with Crippen LogP contribution < -0.4 is 14.9 Å². The molecule has 0 saturated heterocycles. The molecule has 4 rings (SSSR count). The lowest BCUT2D eigenvalue weighted by Crippen LogP contribution is -2.25. The van der Waals surface area contributed by atoms with Gasteiger partial charge in [0.2, 0.25) is 5.76 Å². The summed E-state index contributed by atoms with van der Waals surface area (Å²) in [7, 11) is 1.67. The maximum Gasteiger partial charge on any atom is 0.290 e. The molecule has 0 spiro atoms. The Kier molecular flexibility index (Phi) is 5.08. The first-order valence-electron chi connectivity index (χ1n) is 9.81. The summed E-state index contributed by atoms with van der Waals surface area (Å²) in [5, 5.41) is 0.470. The van der Waals surface area contributed by atoms with Gasteiger partial charge in [-0.2, -0.15) is 0 Å². The van der Waals surface area contributed by atoms with Crippen LogP contribution in [0.5, 0.6) is 11.5 Å². The van der Waals surface area contributed by atoms with Gasteiger partial charge in [0.1, 0.15) is 12.2 Å². The molecule has 2 heterocycles. The summed E-state index contributed by atoms with van der Waals surface area (Å²) in [6.07, 6.45) is 1.65. The van der Waals surface area contributed by atoms with Crippen LogP contribution in [-0.4, -0.2) is 31.1 Å². The second-order valence-corrected chi connectivity index (χ2v) is 7.23. The van der Waals surface area contributed by atoms with Gasteiger partial charge >= 0.3 is 0 Å². The molecule has 0 fully saturated rings. The highest BCUT2D eigenvalue weighted by Crippen LogP contribution is 2.40. The lowest BCUT2D eigenvalue weighted by Gasteiger charge is -2.22. The molecule has 0 bridgehead atoms. The summed E-state index contributed by atoms with van der Waals surface area (Å²) in [6.45, 7) is 8.26. The van der Waals surface area contributed by atoms with Crippen LogP contribution in [0.3, 0.4) is 0 Å². The van der Waals surface area contributed by atoms with Crippen molar-refractivity contribution in [2.75, 3.05) is 20.3 Å². The molecule has 0 aliphatic carbocycles. The number of amides is 1. The molecule has 30 heavy (non-hydrogen) atoms. The minimum atomic E-state index is -0.568. The van der Waals surface area contributed by atoms with Crippen LogP contribution in [0.25, 0.3) is 11.0 Å². The second kappa shape index (κ2) is 7.71. The first kappa shape index (κ1) is 19.8. The largest absolute Gasteiger partial charge is 0.490 e. The lowest BCUT2D eigenvalue weighted by molar-refractivity contribution is 0.0771. The Hall–Kier alpha value is -3.54. The van der Waals surface area contributed by atoms with E-state index in [0.717, 1.165) is 11.1 Å². The zero-order valence-corrected chi connectivity index (χ0v) is 17.2. The quantitative estimate of drug-likeness (QED) is 0.574. The highest BCUT2D eigenvalue weighted by Gasteiger charge is 2.41. The smallest absolute Gasteiger partial charge is 0.290 e. The van der Waals surface area contributed by atoms with Crippen LogP contribution in [0.15, 0.2) is 58.3 Å². The van der Waals surface area contributed by atoms with Crippen LogP contribution in [0.2, 0.25) is 0 Å². The minimum Gasteiger partial charge on any atom is -0.490 e. The molecule has 1 amide bonds. The van der Waals surface area contributed by atoms with Gasteiger partial charge in [0.25, 0.3) is 5.91 Å². The van der Waals surface area contributed by atoms with E-state index in [4.69, 9.17) is 13.9 Å². The predicted octanol–water partition coefficient (Wildman–Crippen LogP) is 4.24. The van der Waals surface area contributed by atoms with Crippen molar-refractivity contribution < 1.29 is 18.7 Å². The molecular formula is C24H23NO5. The molecule has 1 unspecified atom stereocenters. The summed E-state index contributed by atoms with van der Waals surface area (Å²) in [6, 6.07) is 10.2. The Morgan fingerprint density at radius 1 is 1.13 bits per heavy atom. The van der Waals surface area contributed by atoms with Gasteiger partial charge in [-0.3, -0.25) is 9.59 Å². The van der Waals surface area contributed by atoms with Crippen molar-refractivity contribution in [3.63, 3.8) is 0 Å². The van der Waals surface area contributed by atoms with E-state index in [1.54, 1.807) is 31.3 Å². The highest BCUT2D eigenvalue weighted by atomic mass is 16.5. The molecule has 0 N–H and O–H groups in total. The fourth-order valence-electron chi connectivity index (χ4n) is 3.82. The highest BCUT2D eigenvalue weighted by molar-refractivity contribution is 5.98. The van der Waals surface area contributed by atoms with Crippen molar-refractivity contribution in [3.8, 4) is 11.5 Å². The Morgan fingerprint density at radius 2 is 1.93 bits per heavy atom. The number of rotatable bonds is 6. The third-order valence-electron chi connectivity index (χ3n) is 5.20. The summed E-state index contributed by atoms with van der Waals surface area (Å²) in [4.78, 5) is 27.8. The zero-order chi connectivity index (χ0) is 21.4. The van der Waals surface area contributed by atoms with E-state index in [1.165, 1.54) is 4.90 Å². The average molecular weight is 405 g/mol. The number of carbonyl (C=O) groups excluding carboxylic acids is 1. The first-order valence-corrected chi connectivity index (χ1v) is 9.81. The van der Waals surface area contributed by atoms with E-state index < -0.39 is 6.04 Å². The van der Waals surface area contributed by atoms with Crippen LogP contribution in [0.1, 0.15) is 40.2 Å². The standard InChI is InChI=1S/C24H23NO5/c1-5-11-29-18-10-8-15(13-19(18)28-6-2)21-20-22(26)16-12-14(3)7-9-17(16)30-23(20)24(27)25(21)4/h5,7-10,12-13,21H,1,6,11H2,2-4H3. The molecule has 1 atom stereocenters. The average Bonchev–Trinajstić information content (AvgIpc) is 2.99. The number of hydrogen-bond donors (Lipinski definition) is 0. The van der Waals surface area contributed by atoms with Gasteiger partial charge in [0.05, 0.1) is 23.6 Å². The molecule has 2 aromatic carbocycles. The van der Waals surface area contributed by atoms with Gasteiger partial charge in [0.15, 0.2) is 16.9 Å². The number of hydrogen-bond acceptors (Lipinski definition) is 5.